The molecule has 2 rings (SSSR count). The Hall–Kier alpha value is -2.21. The van der Waals surface area contributed by atoms with Crippen molar-refractivity contribution in [3.63, 3.8) is 0 Å². The quantitative estimate of drug-likeness (QED) is 0.690. The Bertz CT molecular complexity index is 711. The lowest BCUT2D eigenvalue weighted by Crippen LogP contribution is -2.46. The maximum atomic E-state index is 11.9. The zero-order chi connectivity index (χ0) is 17.0. The summed E-state index contributed by atoms with van der Waals surface area (Å²) < 4.78 is 6.15. The Balaban J connectivity index is 1.94. The third-order valence-electron chi connectivity index (χ3n) is 2.83. The number of benzene rings is 1. The molecule has 0 bridgehead atoms. The van der Waals surface area contributed by atoms with Crippen LogP contribution in [0, 0.1) is 0 Å². The number of para-hydroxylation sites is 1. The summed E-state index contributed by atoms with van der Waals surface area (Å²) in [5.74, 6) is -0.889. The van der Waals surface area contributed by atoms with E-state index in [1.165, 1.54) is 17.4 Å². The first-order valence-corrected chi connectivity index (χ1v) is 8.12. The van der Waals surface area contributed by atoms with E-state index in [0.717, 1.165) is 15.2 Å². The summed E-state index contributed by atoms with van der Waals surface area (Å²) in [6, 6.07) is 7.75. The van der Waals surface area contributed by atoms with Crippen LogP contribution in [0.15, 0.2) is 30.3 Å². The number of nitrogens with one attached hydrogen (secondary N) is 1. The lowest BCUT2D eigenvalue weighted by Gasteiger charge is -2.22. The largest absolute Gasteiger partial charge is 0.449 e. The van der Waals surface area contributed by atoms with E-state index in [0.29, 0.717) is 0 Å². The number of ether oxygens (including phenoxy) is 1. The summed E-state index contributed by atoms with van der Waals surface area (Å²) in [5.41, 5.74) is 0.526. The highest BCUT2D eigenvalue weighted by molar-refractivity contribution is 7.19. The highest BCUT2D eigenvalue weighted by Gasteiger charge is 2.21. The van der Waals surface area contributed by atoms with Gasteiger partial charge in [0.1, 0.15) is 5.01 Å². The van der Waals surface area contributed by atoms with Crippen LogP contribution in [0.1, 0.15) is 32.7 Å². The van der Waals surface area contributed by atoms with Gasteiger partial charge in [-0.1, -0.05) is 12.1 Å². The van der Waals surface area contributed by atoms with E-state index in [4.69, 9.17) is 4.74 Å². The molecular weight excluding hydrogens is 312 g/mol. The summed E-state index contributed by atoms with van der Waals surface area (Å²) in [6.07, 6.45) is 2.04. The van der Waals surface area contributed by atoms with Gasteiger partial charge < -0.3 is 10.1 Å². The van der Waals surface area contributed by atoms with Gasteiger partial charge in [-0.15, -0.1) is 11.3 Å². The van der Waals surface area contributed by atoms with Gasteiger partial charge in [0, 0.05) is 11.6 Å². The van der Waals surface area contributed by atoms with Crippen LogP contribution in [-0.4, -0.2) is 28.5 Å². The number of nitrogens with zero attached hydrogens (tertiary/aromatic N) is 1. The molecule has 122 valence electrons. The minimum absolute atomic E-state index is 0.320. The minimum atomic E-state index is -0.846. The van der Waals surface area contributed by atoms with Gasteiger partial charge in [0.2, 0.25) is 0 Å². The first-order chi connectivity index (χ1) is 10.7. The molecule has 0 fully saturated rings. The topological polar surface area (TPSA) is 68.3 Å². The summed E-state index contributed by atoms with van der Waals surface area (Å²) >= 11 is 1.49. The van der Waals surface area contributed by atoms with Crippen LogP contribution in [0.25, 0.3) is 16.3 Å². The van der Waals surface area contributed by atoms with Crippen molar-refractivity contribution >= 4 is 39.5 Å². The molecule has 1 aromatic heterocycles. The molecule has 1 amide bonds. The van der Waals surface area contributed by atoms with Crippen LogP contribution in [0.4, 0.5) is 0 Å². The number of hydrogen-bond donors (Lipinski definition) is 1. The third-order valence-corrected chi connectivity index (χ3v) is 3.83. The summed E-state index contributed by atoms with van der Waals surface area (Å²) in [5, 5.41) is 3.48. The lowest BCUT2D eigenvalue weighted by atomic mass is 10.1. The zero-order valence-corrected chi connectivity index (χ0v) is 14.4. The van der Waals surface area contributed by atoms with E-state index < -0.39 is 12.1 Å². The normalized spacial score (nSPS) is 13.2. The highest BCUT2D eigenvalue weighted by Crippen LogP contribution is 2.22. The van der Waals surface area contributed by atoms with E-state index >= 15 is 0 Å². The van der Waals surface area contributed by atoms with E-state index in [1.54, 1.807) is 13.0 Å². The number of rotatable bonds is 4. The van der Waals surface area contributed by atoms with Crippen LogP contribution in [0.5, 0.6) is 0 Å². The number of carbonyl (C=O) groups is 2. The maximum Gasteiger partial charge on any atom is 0.331 e. The zero-order valence-electron chi connectivity index (χ0n) is 13.6. The van der Waals surface area contributed by atoms with Gasteiger partial charge in [0.05, 0.1) is 10.2 Å². The molecule has 0 aliphatic carbocycles. The molecule has 0 saturated heterocycles. The second-order valence-corrected chi connectivity index (χ2v) is 7.23. The second kappa shape index (κ2) is 6.91. The maximum absolute atomic E-state index is 11.9. The standard InChI is InChI=1S/C17H20N2O3S/c1-11(16(21)19-17(2,3)4)22-15(20)10-9-14-18-12-7-5-6-8-13(12)23-14/h5-11H,1-4H3,(H,19,21)/b10-9+/t11-/m0/s1. The fourth-order valence-corrected chi connectivity index (χ4v) is 2.71. The van der Waals surface area contributed by atoms with Gasteiger partial charge in [-0.25, -0.2) is 9.78 Å². The number of hydrogen-bond acceptors (Lipinski definition) is 5. The lowest BCUT2D eigenvalue weighted by molar-refractivity contribution is -0.150. The Labute approximate surface area is 139 Å². The molecule has 1 heterocycles. The summed E-state index contributed by atoms with van der Waals surface area (Å²) in [6.45, 7) is 7.15. The molecule has 0 saturated carbocycles. The average molecular weight is 332 g/mol. The monoisotopic (exact) mass is 332 g/mol. The smallest absolute Gasteiger partial charge is 0.331 e. The Morgan fingerprint density at radius 3 is 2.65 bits per heavy atom. The van der Waals surface area contributed by atoms with Gasteiger partial charge in [0.15, 0.2) is 6.10 Å². The molecule has 23 heavy (non-hydrogen) atoms. The predicted octanol–water partition coefficient (Wildman–Crippen LogP) is 3.16. The molecule has 6 heteroatoms. The highest BCUT2D eigenvalue weighted by atomic mass is 32.1. The van der Waals surface area contributed by atoms with Gasteiger partial charge in [-0.2, -0.15) is 0 Å². The minimum Gasteiger partial charge on any atom is -0.449 e. The Morgan fingerprint density at radius 1 is 1.30 bits per heavy atom. The molecule has 0 spiro atoms. The number of amides is 1. The molecule has 0 unspecified atom stereocenters. The second-order valence-electron chi connectivity index (χ2n) is 6.17. The summed E-state index contributed by atoms with van der Waals surface area (Å²) in [4.78, 5) is 28.1. The molecular formula is C17H20N2O3S. The molecule has 2 aromatic rings. The first-order valence-electron chi connectivity index (χ1n) is 7.31. The molecule has 0 aliphatic rings. The fraction of sp³-hybridized carbons (Fsp3) is 0.353. The van der Waals surface area contributed by atoms with Crippen LogP contribution in [0.2, 0.25) is 0 Å². The van der Waals surface area contributed by atoms with Crippen molar-refractivity contribution in [2.45, 2.75) is 39.3 Å². The van der Waals surface area contributed by atoms with Crippen molar-refractivity contribution < 1.29 is 14.3 Å². The van der Waals surface area contributed by atoms with Crippen LogP contribution in [0.3, 0.4) is 0 Å². The fourth-order valence-electron chi connectivity index (χ4n) is 1.84. The number of aromatic nitrogens is 1. The van der Waals surface area contributed by atoms with Crippen molar-refractivity contribution in [2.24, 2.45) is 0 Å². The summed E-state index contributed by atoms with van der Waals surface area (Å²) in [7, 11) is 0. The number of esters is 1. The van der Waals surface area contributed by atoms with Gasteiger partial charge in [-0.05, 0) is 45.9 Å². The van der Waals surface area contributed by atoms with Gasteiger partial charge in [-0.3, -0.25) is 4.79 Å². The van der Waals surface area contributed by atoms with E-state index in [-0.39, 0.29) is 11.4 Å². The molecule has 0 radical (unpaired) electrons. The number of carbonyl (C=O) groups excluding carboxylic acids is 2. The molecule has 0 aliphatic heterocycles. The Morgan fingerprint density at radius 2 is 2.00 bits per heavy atom. The van der Waals surface area contributed by atoms with Crippen molar-refractivity contribution in [1.82, 2.24) is 10.3 Å². The van der Waals surface area contributed by atoms with Crippen molar-refractivity contribution in [3.8, 4) is 0 Å². The number of thiazole rings is 1. The third kappa shape index (κ3) is 5.17. The first kappa shape index (κ1) is 17.1. The molecule has 5 nitrogen and oxygen atoms in total. The van der Waals surface area contributed by atoms with E-state index in [9.17, 15) is 9.59 Å². The molecule has 1 atom stereocenters. The van der Waals surface area contributed by atoms with Crippen molar-refractivity contribution in [1.29, 1.82) is 0 Å². The predicted molar refractivity (Wildman–Crippen MR) is 92.1 cm³/mol. The van der Waals surface area contributed by atoms with Crippen LogP contribution in [-0.2, 0) is 14.3 Å². The van der Waals surface area contributed by atoms with E-state index in [1.807, 2.05) is 45.0 Å². The average Bonchev–Trinajstić information content (AvgIpc) is 2.86. The Kier molecular flexibility index (Phi) is 5.15. The van der Waals surface area contributed by atoms with Crippen LogP contribution >= 0.6 is 11.3 Å². The number of fused-ring (bicyclic) bond motifs is 1. The molecule has 1 N–H and O–H groups in total. The van der Waals surface area contributed by atoms with E-state index in [2.05, 4.69) is 10.3 Å². The van der Waals surface area contributed by atoms with Crippen LogP contribution < -0.4 is 5.32 Å². The van der Waals surface area contributed by atoms with Gasteiger partial charge in [0.25, 0.3) is 5.91 Å². The molecule has 1 aromatic carbocycles. The van der Waals surface area contributed by atoms with Crippen molar-refractivity contribution in [2.75, 3.05) is 0 Å². The SMILES string of the molecule is C[C@H](OC(=O)/C=C/c1nc2ccccc2s1)C(=O)NC(C)(C)C. The van der Waals surface area contributed by atoms with Gasteiger partial charge >= 0.3 is 5.97 Å². The van der Waals surface area contributed by atoms with Crippen molar-refractivity contribution in [3.05, 3.63) is 35.3 Å².